The van der Waals surface area contributed by atoms with Gasteiger partial charge >= 0.3 is 0 Å². The van der Waals surface area contributed by atoms with Gasteiger partial charge in [-0.25, -0.2) is 17.2 Å². The third kappa shape index (κ3) is 6.12. The van der Waals surface area contributed by atoms with Crippen LogP contribution in [0, 0.1) is 11.6 Å². The van der Waals surface area contributed by atoms with E-state index >= 15 is 0 Å². The first kappa shape index (κ1) is 23.4. The lowest BCUT2D eigenvalue weighted by Gasteiger charge is -2.19. The summed E-state index contributed by atoms with van der Waals surface area (Å²) in [5.74, 6) is -2.90. The van der Waals surface area contributed by atoms with Crippen molar-refractivity contribution in [3.63, 3.8) is 0 Å². The molecule has 0 fully saturated rings. The third-order valence-electron chi connectivity index (χ3n) is 4.47. The van der Waals surface area contributed by atoms with Gasteiger partial charge in [0.15, 0.2) is 0 Å². The van der Waals surface area contributed by atoms with Crippen LogP contribution in [0.15, 0.2) is 77.7 Å². The Kier molecular flexibility index (Phi) is 7.22. The van der Waals surface area contributed by atoms with E-state index in [9.17, 15) is 26.8 Å². The molecule has 0 aromatic heterocycles. The van der Waals surface area contributed by atoms with Crippen molar-refractivity contribution in [2.75, 3.05) is 5.32 Å². The minimum Gasteiger partial charge on any atom is -0.340 e. The highest BCUT2D eigenvalue weighted by atomic mass is 35.7. The Hall–Kier alpha value is -3.30. The minimum atomic E-state index is -4.28. The van der Waals surface area contributed by atoms with Gasteiger partial charge in [0.2, 0.25) is 5.91 Å². The fraction of sp³-hybridized carbons (Fsp3) is 0.0909. The molecule has 0 aliphatic heterocycles. The number of nitrogens with one attached hydrogen (secondary N) is 2. The second kappa shape index (κ2) is 9.88. The van der Waals surface area contributed by atoms with E-state index in [1.807, 2.05) is 0 Å². The molecule has 0 heterocycles. The predicted molar refractivity (Wildman–Crippen MR) is 116 cm³/mol. The van der Waals surface area contributed by atoms with Crippen LogP contribution in [0.4, 0.5) is 14.5 Å². The van der Waals surface area contributed by atoms with Crippen molar-refractivity contribution >= 4 is 37.2 Å². The standard InChI is InChI=1S/C22H17ClF2N2O4S/c23-32(30,31)20-11-10-17(13-18(20)25)26-22(29)19(12-14-4-2-1-3-5-14)27-21(28)15-6-8-16(24)9-7-15/h1-11,13,19H,12H2,(H,26,29)(H,27,28). The quantitative estimate of drug-likeness (QED) is 0.504. The van der Waals surface area contributed by atoms with Crippen LogP contribution < -0.4 is 10.6 Å². The Morgan fingerprint density at radius 3 is 2.19 bits per heavy atom. The summed E-state index contributed by atoms with van der Waals surface area (Å²) in [6.07, 6.45) is 0.121. The minimum absolute atomic E-state index is 0.0225. The second-order valence-electron chi connectivity index (χ2n) is 6.79. The van der Waals surface area contributed by atoms with Crippen molar-refractivity contribution < 1.29 is 26.8 Å². The van der Waals surface area contributed by atoms with Crippen LogP contribution in [0.1, 0.15) is 15.9 Å². The maximum atomic E-state index is 14.1. The molecule has 1 atom stereocenters. The third-order valence-corrected chi connectivity index (χ3v) is 5.83. The summed E-state index contributed by atoms with van der Waals surface area (Å²) in [7, 11) is 0.877. The number of amides is 2. The van der Waals surface area contributed by atoms with Crippen LogP contribution in [-0.2, 0) is 20.3 Å². The molecular formula is C22H17ClF2N2O4S. The van der Waals surface area contributed by atoms with Gasteiger partial charge in [0, 0.05) is 28.4 Å². The first-order valence-corrected chi connectivity index (χ1v) is 11.6. The van der Waals surface area contributed by atoms with E-state index in [2.05, 4.69) is 10.6 Å². The Labute approximate surface area is 187 Å². The molecule has 0 aliphatic rings. The Bertz CT molecular complexity index is 1240. The van der Waals surface area contributed by atoms with Crippen LogP contribution in [-0.4, -0.2) is 26.3 Å². The molecule has 0 saturated heterocycles. The maximum Gasteiger partial charge on any atom is 0.264 e. The molecule has 3 aromatic rings. The van der Waals surface area contributed by atoms with E-state index in [1.165, 1.54) is 18.2 Å². The summed E-state index contributed by atoms with van der Waals surface area (Å²) in [5, 5.41) is 5.04. The van der Waals surface area contributed by atoms with Gasteiger partial charge in [-0.05, 0) is 48.0 Å². The van der Waals surface area contributed by atoms with E-state index in [0.29, 0.717) is 0 Å². The predicted octanol–water partition coefficient (Wildman–Crippen LogP) is 3.87. The molecule has 1 unspecified atom stereocenters. The molecule has 10 heteroatoms. The van der Waals surface area contributed by atoms with Crippen molar-refractivity contribution in [1.29, 1.82) is 0 Å². The maximum absolute atomic E-state index is 14.1. The number of carbonyl (C=O) groups excluding carboxylic acids is 2. The zero-order valence-electron chi connectivity index (χ0n) is 16.4. The molecule has 3 aromatic carbocycles. The number of benzene rings is 3. The summed E-state index contributed by atoms with van der Waals surface area (Å²) in [6.45, 7) is 0. The molecule has 0 radical (unpaired) electrons. The largest absolute Gasteiger partial charge is 0.340 e. The van der Waals surface area contributed by atoms with Crippen molar-refractivity contribution in [2.45, 2.75) is 17.4 Å². The summed E-state index contributed by atoms with van der Waals surface area (Å²) in [5.41, 5.74) is 0.882. The summed E-state index contributed by atoms with van der Waals surface area (Å²) in [6, 6.07) is 15.5. The topological polar surface area (TPSA) is 92.3 Å². The highest BCUT2D eigenvalue weighted by Crippen LogP contribution is 2.22. The first-order valence-electron chi connectivity index (χ1n) is 9.29. The molecule has 2 amide bonds. The van der Waals surface area contributed by atoms with Crippen LogP contribution in [0.5, 0.6) is 0 Å². The summed E-state index contributed by atoms with van der Waals surface area (Å²) >= 11 is 0. The van der Waals surface area contributed by atoms with Gasteiger partial charge in [0.25, 0.3) is 15.0 Å². The van der Waals surface area contributed by atoms with E-state index in [0.717, 1.165) is 29.8 Å². The van der Waals surface area contributed by atoms with Crippen LogP contribution >= 0.6 is 10.7 Å². The highest BCUT2D eigenvalue weighted by Gasteiger charge is 2.23. The molecule has 0 aliphatic carbocycles. The number of hydrogen-bond donors (Lipinski definition) is 2. The lowest BCUT2D eigenvalue weighted by Crippen LogP contribution is -2.45. The average Bonchev–Trinajstić information content (AvgIpc) is 2.73. The van der Waals surface area contributed by atoms with Gasteiger partial charge in [0.1, 0.15) is 22.6 Å². The zero-order valence-corrected chi connectivity index (χ0v) is 18.0. The van der Waals surface area contributed by atoms with Gasteiger partial charge in [-0.2, -0.15) is 0 Å². The van der Waals surface area contributed by atoms with Gasteiger partial charge in [-0.1, -0.05) is 30.3 Å². The van der Waals surface area contributed by atoms with Crippen molar-refractivity contribution in [3.8, 4) is 0 Å². The molecule has 32 heavy (non-hydrogen) atoms. The van der Waals surface area contributed by atoms with E-state index in [1.54, 1.807) is 30.3 Å². The molecule has 6 nitrogen and oxygen atoms in total. The fourth-order valence-electron chi connectivity index (χ4n) is 2.91. The number of carbonyl (C=O) groups is 2. The number of halogens is 3. The molecule has 3 rings (SSSR count). The van der Waals surface area contributed by atoms with Gasteiger partial charge in [-0.3, -0.25) is 9.59 Å². The van der Waals surface area contributed by atoms with E-state index in [4.69, 9.17) is 10.7 Å². The Morgan fingerprint density at radius 1 is 0.938 bits per heavy atom. The van der Waals surface area contributed by atoms with Crippen LogP contribution in [0.3, 0.4) is 0 Å². The molecule has 166 valence electrons. The van der Waals surface area contributed by atoms with Crippen LogP contribution in [0.25, 0.3) is 0 Å². The van der Waals surface area contributed by atoms with E-state index in [-0.39, 0.29) is 17.7 Å². The monoisotopic (exact) mass is 478 g/mol. The van der Waals surface area contributed by atoms with Gasteiger partial charge < -0.3 is 10.6 Å². The SMILES string of the molecule is O=C(NC(Cc1ccccc1)C(=O)Nc1ccc(S(=O)(=O)Cl)c(F)c1)c1ccc(F)cc1. The zero-order chi connectivity index (χ0) is 23.3. The lowest BCUT2D eigenvalue weighted by molar-refractivity contribution is -0.118. The van der Waals surface area contributed by atoms with Crippen molar-refractivity contribution in [2.24, 2.45) is 0 Å². The first-order chi connectivity index (χ1) is 15.1. The lowest BCUT2D eigenvalue weighted by atomic mass is 10.0. The highest BCUT2D eigenvalue weighted by molar-refractivity contribution is 8.13. The van der Waals surface area contributed by atoms with Crippen LogP contribution in [0.2, 0.25) is 0 Å². The molecular weight excluding hydrogens is 462 g/mol. The molecule has 2 N–H and O–H groups in total. The Balaban J connectivity index is 1.82. The average molecular weight is 479 g/mol. The fourth-order valence-corrected chi connectivity index (χ4v) is 3.81. The number of anilines is 1. The summed E-state index contributed by atoms with van der Waals surface area (Å²) < 4.78 is 49.9. The van der Waals surface area contributed by atoms with Crippen molar-refractivity contribution in [3.05, 3.63) is 95.6 Å². The Morgan fingerprint density at radius 2 is 1.59 bits per heavy atom. The van der Waals surface area contributed by atoms with Crippen molar-refractivity contribution in [1.82, 2.24) is 5.32 Å². The normalized spacial score (nSPS) is 12.1. The van der Waals surface area contributed by atoms with Gasteiger partial charge in [-0.15, -0.1) is 0 Å². The number of rotatable bonds is 7. The molecule has 0 saturated carbocycles. The van der Waals surface area contributed by atoms with Gasteiger partial charge in [0.05, 0.1) is 0 Å². The smallest absolute Gasteiger partial charge is 0.264 e. The molecule has 0 bridgehead atoms. The number of hydrogen-bond acceptors (Lipinski definition) is 4. The second-order valence-corrected chi connectivity index (χ2v) is 9.33. The van der Waals surface area contributed by atoms with E-state index < -0.39 is 43.4 Å². The summed E-state index contributed by atoms with van der Waals surface area (Å²) in [4.78, 5) is 24.7. The molecule has 0 spiro atoms.